The number of carbonyl (C=O) groups excluding carboxylic acids is 3. The van der Waals surface area contributed by atoms with E-state index in [1.807, 2.05) is 0 Å². The molecule has 0 spiro atoms. The van der Waals surface area contributed by atoms with Crippen LogP contribution >= 0.6 is 0 Å². The predicted molar refractivity (Wildman–Crippen MR) is 130 cm³/mol. The molecule has 2 amide bonds. The van der Waals surface area contributed by atoms with Crippen molar-refractivity contribution >= 4 is 23.9 Å². The van der Waals surface area contributed by atoms with Crippen LogP contribution in [0.5, 0.6) is 0 Å². The van der Waals surface area contributed by atoms with Crippen LogP contribution in [-0.2, 0) is 25.6 Å². The van der Waals surface area contributed by atoms with E-state index in [1.54, 1.807) is 27.7 Å². The third-order valence-electron chi connectivity index (χ3n) is 5.54. The van der Waals surface area contributed by atoms with Crippen LogP contribution in [0.4, 0.5) is 10.7 Å². The first-order chi connectivity index (χ1) is 17.0. The topological polar surface area (TPSA) is 158 Å². The van der Waals surface area contributed by atoms with E-state index in [0.717, 1.165) is 19.5 Å². The fourth-order valence-electron chi connectivity index (χ4n) is 3.97. The number of nitrogens with zero attached hydrogens (tertiary/aromatic N) is 4. The lowest BCUT2D eigenvalue weighted by molar-refractivity contribution is -0.396. The number of likely N-dealkylation sites (tertiary alicyclic amines) is 1. The van der Waals surface area contributed by atoms with Crippen molar-refractivity contribution < 1.29 is 28.8 Å². The minimum Gasteiger partial charge on any atom is -0.466 e. The number of hydrogen-bond acceptors (Lipinski definition) is 9. The summed E-state index contributed by atoms with van der Waals surface area (Å²) in [7, 11) is 0. The molecule has 0 aromatic carbocycles. The Hall–Kier alpha value is -3.22. The monoisotopic (exact) mass is 510 g/mol. The molecule has 1 aliphatic rings. The number of carbonyl (C=O) groups is 3. The molecule has 0 bridgehead atoms. The summed E-state index contributed by atoms with van der Waals surface area (Å²) < 4.78 is 11.6. The van der Waals surface area contributed by atoms with Gasteiger partial charge in [-0.3, -0.25) is 9.59 Å². The summed E-state index contributed by atoms with van der Waals surface area (Å²) in [5, 5.41) is 16.7. The average molecular weight is 511 g/mol. The largest absolute Gasteiger partial charge is 0.466 e. The molecule has 1 aliphatic heterocycles. The second kappa shape index (κ2) is 13.8. The standard InChI is InChI=1S/C23H38N6O7/c1-5-35-19(30)9-7-12-27-14-10-17(16-27)25-20(31)18(26-22(32)36-23(2,3)4)8-6-13-28-15-11-24-21(28)29(33)34/h11,15,17-18H,5-10,12-14,16H2,1-4H3,(H,25,31)(H,26,32)/t17-,18+/m1/s1. The highest BCUT2D eigenvalue weighted by atomic mass is 16.6. The summed E-state index contributed by atoms with van der Waals surface area (Å²) in [5.41, 5.74) is -0.724. The van der Waals surface area contributed by atoms with Crippen LogP contribution in [0.25, 0.3) is 0 Å². The van der Waals surface area contributed by atoms with Crippen LogP contribution in [0.1, 0.15) is 59.8 Å². The van der Waals surface area contributed by atoms with E-state index in [-0.39, 0.29) is 36.8 Å². The first kappa shape index (κ1) is 29.0. The number of esters is 1. The van der Waals surface area contributed by atoms with Gasteiger partial charge in [0.05, 0.1) is 13.2 Å². The first-order valence-electron chi connectivity index (χ1n) is 12.3. The quantitative estimate of drug-likeness (QED) is 0.230. The van der Waals surface area contributed by atoms with E-state index in [9.17, 15) is 24.5 Å². The molecule has 2 rings (SSSR count). The number of nitrogens with one attached hydrogen (secondary N) is 2. The highest BCUT2D eigenvalue weighted by Gasteiger charge is 2.29. The third kappa shape index (κ3) is 10.2. The summed E-state index contributed by atoms with van der Waals surface area (Å²) in [6.07, 6.45) is 4.60. The van der Waals surface area contributed by atoms with Crippen LogP contribution in [0.15, 0.2) is 12.4 Å². The fourth-order valence-corrected chi connectivity index (χ4v) is 3.97. The summed E-state index contributed by atoms with van der Waals surface area (Å²) in [6, 6.07) is -0.946. The fraction of sp³-hybridized carbons (Fsp3) is 0.739. The molecule has 2 atom stereocenters. The number of hydrogen-bond donors (Lipinski definition) is 2. The Morgan fingerprint density at radius 2 is 2.03 bits per heavy atom. The van der Waals surface area contributed by atoms with Crippen molar-refractivity contribution in [2.24, 2.45) is 0 Å². The van der Waals surface area contributed by atoms with Gasteiger partial charge in [-0.1, -0.05) is 4.98 Å². The van der Waals surface area contributed by atoms with Gasteiger partial charge in [-0.15, -0.1) is 0 Å². The van der Waals surface area contributed by atoms with E-state index < -0.39 is 22.7 Å². The Morgan fingerprint density at radius 3 is 2.69 bits per heavy atom. The van der Waals surface area contributed by atoms with Crippen molar-refractivity contribution in [3.8, 4) is 0 Å². The maximum absolute atomic E-state index is 13.1. The van der Waals surface area contributed by atoms with Crippen LogP contribution in [0.2, 0.25) is 0 Å². The molecule has 2 N–H and O–H groups in total. The summed E-state index contributed by atoms with van der Waals surface area (Å²) >= 11 is 0. The highest BCUT2D eigenvalue weighted by Crippen LogP contribution is 2.14. The zero-order valence-electron chi connectivity index (χ0n) is 21.5. The Bertz CT molecular complexity index is 898. The van der Waals surface area contributed by atoms with Gasteiger partial charge in [-0.05, 0) is 64.8 Å². The molecule has 13 nitrogen and oxygen atoms in total. The molecule has 1 fully saturated rings. The van der Waals surface area contributed by atoms with Gasteiger partial charge in [0.1, 0.15) is 24.0 Å². The lowest BCUT2D eigenvalue weighted by Gasteiger charge is -2.24. The second-order valence-electron chi connectivity index (χ2n) is 9.72. The van der Waals surface area contributed by atoms with Crippen LogP contribution < -0.4 is 10.6 Å². The van der Waals surface area contributed by atoms with E-state index in [1.165, 1.54) is 17.0 Å². The van der Waals surface area contributed by atoms with Crippen LogP contribution in [0, 0.1) is 10.1 Å². The van der Waals surface area contributed by atoms with Crippen LogP contribution in [0.3, 0.4) is 0 Å². The molecule has 36 heavy (non-hydrogen) atoms. The zero-order chi connectivity index (χ0) is 26.7. The number of imidazole rings is 1. The van der Waals surface area contributed by atoms with Crippen molar-refractivity contribution in [1.29, 1.82) is 0 Å². The van der Waals surface area contributed by atoms with Gasteiger partial charge in [-0.2, -0.15) is 0 Å². The summed E-state index contributed by atoms with van der Waals surface area (Å²) in [4.78, 5) is 53.3. The maximum Gasteiger partial charge on any atom is 0.434 e. The van der Waals surface area contributed by atoms with Gasteiger partial charge in [0.2, 0.25) is 5.91 Å². The third-order valence-corrected chi connectivity index (χ3v) is 5.54. The number of rotatable bonds is 13. The van der Waals surface area contributed by atoms with Gasteiger partial charge in [0.15, 0.2) is 0 Å². The van der Waals surface area contributed by atoms with Gasteiger partial charge < -0.3 is 35.1 Å². The molecular weight excluding hydrogens is 472 g/mol. The first-order valence-corrected chi connectivity index (χ1v) is 12.3. The van der Waals surface area contributed by atoms with Gasteiger partial charge in [-0.25, -0.2) is 9.36 Å². The smallest absolute Gasteiger partial charge is 0.434 e. The predicted octanol–water partition coefficient (Wildman–Crippen LogP) is 2.00. The molecule has 1 aromatic heterocycles. The maximum atomic E-state index is 13.1. The Balaban J connectivity index is 1.89. The van der Waals surface area contributed by atoms with E-state index in [0.29, 0.717) is 32.4 Å². The van der Waals surface area contributed by atoms with Crippen LogP contribution in [-0.4, -0.2) is 81.3 Å². The average Bonchev–Trinajstić information content (AvgIpc) is 3.41. The van der Waals surface area contributed by atoms with Gasteiger partial charge in [0.25, 0.3) is 0 Å². The molecule has 0 saturated carbocycles. The van der Waals surface area contributed by atoms with Crippen molar-refractivity contribution in [3.63, 3.8) is 0 Å². The number of alkyl carbamates (subject to hydrolysis) is 1. The van der Waals surface area contributed by atoms with Gasteiger partial charge >= 0.3 is 18.0 Å². The zero-order valence-corrected chi connectivity index (χ0v) is 21.5. The Labute approximate surface area is 211 Å². The van der Waals surface area contributed by atoms with Crippen molar-refractivity contribution in [3.05, 3.63) is 22.5 Å². The number of amides is 2. The van der Waals surface area contributed by atoms with Gasteiger partial charge in [0, 0.05) is 25.6 Å². The lowest BCUT2D eigenvalue weighted by Crippen LogP contribution is -2.51. The Kier molecular flexibility index (Phi) is 11.1. The lowest BCUT2D eigenvalue weighted by atomic mass is 10.1. The second-order valence-corrected chi connectivity index (χ2v) is 9.72. The molecule has 0 radical (unpaired) electrons. The molecule has 0 unspecified atom stereocenters. The van der Waals surface area contributed by atoms with E-state index in [2.05, 4.69) is 20.5 Å². The van der Waals surface area contributed by atoms with E-state index >= 15 is 0 Å². The molecule has 13 heteroatoms. The Morgan fingerprint density at radius 1 is 1.28 bits per heavy atom. The summed E-state index contributed by atoms with van der Waals surface area (Å²) in [5.74, 6) is -0.817. The number of aromatic nitrogens is 2. The summed E-state index contributed by atoms with van der Waals surface area (Å²) in [6.45, 7) is 9.78. The van der Waals surface area contributed by atoms with Crippen molar-refractivity contribution in [2.75, 3.05) is 26.2 Å². The van der Waals surface area contributed by atoms with Crippen molar-refractivity contribution in [2.45, 2.75) is 84.0 Å². The molecular formula is C23H38N6O7. The minimum absolute atomic E-state index is 0.0854. The molecule has 2 heterocycles. The van der Waals surface area contributed by atoms with Crippen molar-refractivity contribution in [1.82, 2.24) is 25.1 Å². The number of ether oxygens (including phenoxy) is 2. The normalized spacial score (nSPS) is 16.8. The number of aryl methyl sites for hydroxylation is 1. The number of nitro groups is 1. The molecule has 1 aromatic rings. The molecule has 202 valence electrons. The minimum atomic E-state index is -0.861. The van der Waals surface area contributed by atoms with E-state index in [4.69, 9.17) is 9.47 Å². The molecule has 1 saturated heterocycles. The SMILES string of the molecule is CCOC(=O)CCCN1CC[C@@H](NC(=O)[C@H](CCCn2ccnc2[N+](=O)[O-])NC(=O)OC(C)(C)C)C1. The highest BCUT2D eigenvalue weighted by molar-refractivity contribution is 5.85. The molecule has 0 aliphatic carbocycles.